The lowest BCUT2D eigenvalue weighted by Gasteiger charge is -2.33. The zero-order chi connectivity index (χ0) is 11.2. The van der Waals surface area contributed by atoms with Gasteiger partial charge in [0.2, 0.25) is 10.0 Å². The molecule has 1 heterocycles. The summed E-state index contributed by atoms with van der Waals surface area (Å²) in [7, 11) is 0.00884. The van der Waals surface area contributed by atoms with Gasteiger partial charge in [-0.3, -0.25) is 0 Å². The van der Waals surface area contributed by atoms with Crippen molar-refractivity contribution in [3.05, 3.63) is 18.2 Å². The van der Waals surface area contributed by atoms with E-state index in [2.05, 4.69) is 0 Å². The lowest BCUT2D eigenvalue weighted by molar-refractivity contribution is 0.459. The van der Waals surface area contributed by atoms with Crippen LogP contribution < -0.4 is 10.6 Å². The van der Waals surface area contributed by atoms with Crippen molar-refractivity contribution in [1.82, 2.24) is 4.31 Å². The van der Waals surface area contributed by atoms with Gasteiger partial charge < -0.3 is 10.6 Å². The molecule has 0 aromatic heterocycles. The van der Waals surface area contributed by atoms with Crippen molar-refractivity contribution in [2.75, 3.05) is 31.4 Å². The smallest absolute Gasteiger partial charge is 0.246 e. The van der Waals surface area contributed by atoms with Crippen LogP contribution in [0.4, 0.5) is 11.4 Å². The minimum absolute atomic E-state index is 0.277. The molecule has 0 bridgehead atoms. The van der Waals surface area contributed by atoms with E-state index in [9.17, 15) is 8.42 Å². The minimum Gasteiger partial charge on any atom is -0.397 e. The molecule has 82 valence electrons. The third-order valence-electron chi connectivity index (χ3n) is 2.51. The fourth-order valence-corrected chi connectivity index (χ4v) is 3.20. The van der Waals surface area contributed by atoms with Gasteiger partial charge in [-0.25, -0.2) is 8.42 Å². The first-order valence-electron chi connectivity index (χ1n) is 4.50. The molecule has 0 fully saturated rings. The van der Waals surface area contributed by atoms with Crippen LogP contribution in [0.25, 0.3) is 0 Å². The van der Waals surface area contributed by atoms with Crippen molar-refractivity contribution in [3.63, 3.8) is 0 Å². The van der Waals surface area contributed by atoms with Gasteiger partial charge in [0.1, 0.15) is 4.90 Å². The molecule has 1 aliphatic heterocycles. The number of sulfonamides is 1. The molecule has 1 aromatic rings. The molecule has 15 heavy (non-hydrogen) atoms. The van der Waals surface area contributed by atoms with Crippen molar-refractivity contribution >= 4 is 21.4 Å². The fraction of sp³-hybridized carbons (Fsp3) is 0.333. The molecule has 1 aliphatic rings. The Kier molecular flexibility index (Phi) is 2.13. The van der Waals surface area contributed by atoms with Crippen molar-refractivity contribution in [1.29, 1.82) is 0 Å². The highest BCUT2D eigenvalue weighted by Gasteiger charge is 2.32. The van der Waals surface area contributed by atoms with Crippen LogP contribution in [-0.2, 0) is 10.0 Å². The fourth-order valence-electron chi connectivity index (χ4n) is 1.77. The number of para-hydroxylation sites is 1. The van der Waals surface area contributed by atoms with E-state index in [1.807, 2.05) is 11.9 Å². The van der Waals surface area contributed by atoms with E-state index in [-0.39, 0.29) is 4.90 Å². The first-order valence-corrected chi connectivity index (χ1v) is 5.94. The molecule has 0 aliphatic carbocycles. The van der Waals surface area contributed by atoms with Crippen LogP contribution in [-0.4, -0.2) is 33.5 Å². The Morgan fingerprint density at radius 2 is 2.00 bits per heavy atom. The van der Waals surface area contributed by atoms with Crippen LogP contribution >= 0.6 is 0 Å². The molecule has 1 aromatic carbocycles. The van der Waals surface area contributed by atoms with E-state index in [0.717, 1.165) is 0 Å². The molecular weight excluding hydrogens is 214 g/mol. The summed E-state index contributed by atoms with van der Waals surface area (Å²) in [6.07, 6.45) is 0. The van der Waals surface area contributed by atoms with E-state index in [1.54, 1.807) is 25.2 Å². The van der Waals surface area contributed by atoms with Crippen LogP contribution in [0.1, 0.15) is 0 Å². The molecule has 0 radical (unpaired) electrons. The Bertz CT molecular complexity index is 498. The summed E-state index contributed by atoms with van der Waals surface area (Å²) in [5, 5.41) is 0. The normalized spacial score (nSPS) is 20.0. The standard InChI is InChI=1S/C9H13N3O2S/c1-11-6-12(2)15(13,14)8-5-3-4-7(10)9(8)11/h3-5H,6,10H2,1-2H3. The van der Waals surface area contributed by atoms with E-state index in [4.69, 9.17) is 5.73 Å². The zero-order valence-electron chi connectivity index (χ0n) is 8.64. The monoisotopic (exact) mass is 227 g/mol. The predicted octanol–water partition coefficient (Wildman–Crippen LogP) is 0.297. The molecule has 0 spiro atoms. The maximum Gasteiger partial charge on any atom is 0.246 e. The van der Waals surface area contributed by atoms with E-state index >= 15 is 0 Å². The van der Waals surface area contributed by atoms with E-state index < -0.39 is 10.0 Å². The molecule has 0 amide bonds. The molecule has 2 N–H and O–H groups in total. The Balaban J connectivity index is 2.76. The number of hydrogen-bond acceptors (Lipinski definition) is 4. The molecule has 0 unspecified atom stereocenters. The van der Waals surface area contributed by atoms with Gasteiger partial charge in [0, 0.05) is 14.1 Å². The molecule has 0 atom stereocenters. The number of anilines is 2. The molecule has 6 heteroatoms. The lowest BCUT2D eigenvalue weighted by Crippen LogP contribution is -2.42. The number of nitrogen functional groups attached to an aromatic ring is 1. The van der Waals surface area contributed by atoms with E-state index in [0.29, 0.717) is 18.0 Å². The lowest BCUT2D eigenvalue weighted by atomic mass is 10.2. The third kappa shape index (κ3) is 1.37. The van der Waals surface area contributed by atoms with Gasteiger partial charge in [-0.05, 0) is 12.1 Å². The maximum atomic E-state index is 11.9. The van der Waals surface area contributed by atoms with Crippen molar-refractivity contribution in [3.8, 4) is 0 Å². The van der Waals surface area contributed by atoms with Gasteiger partial charge in [-0.15, -0.1) is 0 Å². The Morgan fingerprint density at radius 1 is 1.33 bits per heavy atom. The molecule has 0 saturated carbocycles. The van der Waals surface area contributed by atoms with Crippen LogP contribution in [0.15, 0.2) is 23.1 Å². The second kappa shape index (κ2) is 3.11. The summed E-state index contributed by atoms with van der Waals surface area (Å²) in [6.45, 7) is 0.323. The second-order valence-corrected chi connectivity index (χ2v) is 5.65. The average Bonchev–Trinajstić information content (AvgIpc) is 2.15. The highest BCUT2D eigenvalue weighted by molar-refractivity contribution is 7.89. The van der Waals surface area contributed by atoms with Crippen molar-refractivity contribution < 1.29 is 8.42 Å². The average molecular weight is 227 g/mol. The number of nitrogens with two attached hydrogens (primary N) is 1. The molecule has 5 nitrogen and oxygen atoms in total. The Hall–Kier alpha value is -1.27. The first kappa shape index (κ1) is 10.3. The van der Waals surface area contributed by atoms with Crippen LogP contribution in [0.2, 0.25) is 0 Å². The maximum absolute atomic E-state index is 11.9. The minimum atomic E-state index is -3.36. The topological polar surface area (TPSA) is 66.6 Å². The van der Waals surface area contributed by atoms with Gasteiger partial charge >= 0.3 is 0 Å². The summed E-state index contributed by atoms with van der Waals surface area (Å²) >= 11 is 0. The largest absolute Gasteiger partial charge is 0.397 e. The summed E-state index contributed by atoms with van der Waals surface area (Å²) in [6, 6.07) is 4.93. The highest BCUT2D eigenvalue weighted by Crippen LogP contribution is 2.35. The van der Waals surface area contributed by atoms with Gasteiger partial charge in [0.15, 0.2) is 0 Å². The number of rotatable bonds is 0. The third-order valence-corrected chi connectivity index (χ3v) is 4.33. The molecule has 2 rings (SSSR count). The van der Waals surface area contributed by atoms with Crippen molar-refractivity contribution in [2.24, 2.45) is 0 Å². The SMILES string of the molecule is CN1CN(C)S(=O)(=O)c2cccc(N)c21. The Morgan fingerprint density at radius 3 is 2.67 bits per heavy atom. The van der Waals surface area contributed by atoms with Gasteiger partial charge in [-0.1, -0.05) is 6.07 Å². The molecular formula is C9H13N3O2S. The van der Waals surface area contributed by atoms with Crippen LogP contribution in [0.3, 0.4) is 0 Å². The summed E-state index contributed by atoms with van der Waals surface area (Å²) < 4.78 is 25.2. The number of nitrogens with zero attached hydrogens (tertiary/aromatic N) is 2. The first-order chi connectivity index (χ1) is 6.94. The van der Waals surface area contributed by atoms with E-state index in [1.165, 1.54) is 4.31 Å². The van der Waals surface area contributed by atoms with Crippen LogP contribution in [0, 0.1) is 0 Å². The summed E-state index contributed by atoms with van der Waals surface area (Å²) in [5.41, 5.74) is 6.86. The van der Waals surface area contributed by atoms with Gasteiger partial charge in [-0.2, -0.15) is 4.31 Å². The summed E-state index contributed by atoms with van der Waals surface area (Å²) in [4.78, 5) is 2.10. The highest BCUT2D eigenvalue weighted by atomic mass is 32.2. The quantitative estimate of drug-likeness (QED) is 0.647. The number of fused-ring (bicyclic) bond motifs is 1. The Labute approximate surface area is 89.1 Å². The summed E-state index contributed by atoms with van der Waals surface area (Å²) in [5.74, 6) is 0. The number of benzene rings is 1. The van der Waals surface area contributed by atoms with Gasteiger partial charge in [0.25, 0.3) is 0 Å². The molecule has 0 saturated heterocycles. The second-order valence-electron chi connectivity index (χ2n) is 3.64. The van der Waals surface area contributed by atoms with Crippen LogP contribution in [0.5, 0.6) is 0 Å². The van der Waals surface area contributed by atoms with Gasteiger partial charge in [0.05, 0.1) is 18.0 Å². The number of hydrogen-bond donors (Lipinski definition) is 1. The predicted molar refractivity (Wildman–Crippen MR) is 59.1 cm³/mol. The zero-order valence-corrected chi connectivity index (χ0v) is 9.45. The van der Waals surface area contributed by atoms with Crippen molar-refractivity contribution in [2.45, 2.75) is 4.90 Å².